The topological polar surface area (TPSA) is 89.5 Å². The zero-order valence-electron chi connectivity index (χ0n) is 15.0. The summed E-state index contributed by atoms with van der Waals surface area (Å²) < 4.78 is 0. The number of nitrogens with one attached hydrogen (secondary N) is 1. The van der Waals surface area contributed by atoms with Crippen LogP contribution in [0.2, 0.25) is 0 Å². The maximum Gasteiger partial charge on any atom is 0.320 e. The molecular weight excluding hydrogens is 352 g/mol. The third-order valence-electron chi connectivity index (χ3n) is 5.56. The number of aliphatic carboxylic acids is 1. The molecule has 2 aliphatic rings. The zero-order chi connectivity index (χ0) is 18.3. The minimum Gasteiger partial charge on any atom is -0.480 e. The Hall–Kier alpha value is -1.77. The third-order valence-corrected chi connectivity index (χ3v) is 6.75. The molecule has 0 aromatic carbocycles. The number of nitrogens with zero attached hydrogens (tertiary/aromatic N) is 3. The van der Waals surface area contributed by atoms with Gasteiger partial charge < -0.3 is 10.1 Å². The van der Waals surface area contributed by atoms with Crippen LogP contribution in [0.5, 0.6) is 0 Å². The summed E-state index contributed by atoms with van der Waals surface area (Å²) in [5.74, 6) is -0.0719. The van der Waals surface area contributed by atoms with E-state index in [2.05, 4.69) is 9.88 Å². The average molecular weight is 376 g/mol. The van der Waals surface area contributed by atoms with Crippen LogP contribution in [0.1, 0.15) is 36.0 Å². The molecule has 1 aliphatic carbocycles. The molecule has 0 bridgehead atoms. The number of carbonyl (C=O) groups is 1. The monoisotopic (exact) mass is 376 g/mol. The van der Waals surface area contributed by atoms with Crippen LogP contribution in [0.4, 0.5) is 0 Å². The molecule has 3 heterocycles. The fraction of sp³-hybridized carbons (Fsp3) is 0.611. The van der Waals surface area contributed by atoms with Crippen molar-refractivity contribution in [1.29, 1.82) is 0 Å². The first-order valence-corrected chi connectivity index (χ1v) is 10.1. The highest BCUT2D eigenvalue weighted by Gasteiger charge is 2.26. The van der Waals surface area contributed by atoms with E-state index in [1.165, 1.54) is 16.9 Å². The van der Waals surface area contributed by atoms with Crippen molar-refractivity contribution in [1.82, 2.24) is 19.8 Å². The minimum atomic E-state index is -0.781. The molecule has 4 rings (SSSR count). The predicted octanol–water partition coefficient (Wildman–Crippen LogP) is 1.45. The number of aromatic amines is 1. The first kappa shape index (κ1) is 17.6. The summed E-state index contributed by atoms with van der Waals surface area (Å²) >= 11 is 1.67. The molecule has 7 nitrogen and oxygen atoms in total. The number of hydrogen-bond donors (Lipinski definition) is 2. The molecule has 8 heteroatoms. The van der Waals surface area contributed by atoms with Crippen molar-refractivity contribution in [3.05, 3.63) is 26.6 Å². The zero-order valence-corrected chi connectivity index (χ0v) is 15.8. The van der Waals surface area contributed by atoms with Crippen LogP contribution >= 0.6 is 11.3 Å². The highest BCUT2D eigenvalue weighted by molar-refractivity contribution is 7.18. The Bertz CT molecular complexity index is 882. The van der Waals surface area contributed by atoms with E-state index in [1.807, 2.05) is 4.90 Å². The summed E-state index contributed by atoms with van der Waals surface area (Å²) in [6.45, 7) is 5.31. The van der Waals surface area contributed by atoms with Gasteiger partial charge in [0.05, 0.1) is 11.9 Å². The number of carboxylic acid groups (broad SMARTS) is 1. The Morgan fingerprint density at radius 2 is 2.00 bits per heavy atom. The van der Waals surface area contributed by atoms with Crippen LogP contribution in [-0.2, 0) is 24.2 Å². The summed E-state index contributed by atoms with van der Waals surface area (Å²) in [5.41, 5.74) is 1.20. The van der Waals surface area contributed by atoms with Gasteiger partial charge in [0.1, 0.15) is 16.7 Å². The van der Waals surface area contributed by atoms with E-state index in [0.29, 0.717) is 25.5 Å². The number of thiophene rings is 1. The molecule has 1 unspecified atom stereocenters. The van der Waals surface area contributed by atoms with E-state index >= 15 is 0 Å². The van der Waals surface area contributed by atoms with Crippen LogP contribution in [0.15, 0.2) is 4.79 Å². The van der Waals surface area contributed by atoms with Gasteiger partial charge in [0.2, 0.25) is 0 Å². The van der Waals surface area contributed by atoms with Crippen LogP contribution in [-0.4, -0.2) is 63.1 Å². The normalized spacial score (nSPS) is 20.2. The third kappa shape index (κ3) is 3.28. The van der Waals surface area contributed by atoms with Crippen molar-refractivity contribution in [3.63, 3.8) is 0 Å². The molecule has 0 amide bonds. The predicted molar refractivity (Wildman–Crippen MR) is 101 cm³/mol. The summed E-state index contributed by atoms with van der Waals surface area (Å²) in [7, 11) is 0. The lowest BCUT2D eigenvalue weighted by atomic mass is 9.97. The number of piperazine rings is 1. The second-order valence-corrected chi connectivity index (χ2v) is 8.31. The minimum absolute atomic E-state index is 0.0115. The molecule has 1 aliphatic heterocycles. The Morgan fingerprint density at radius 1 is 1.27 bits per heavy atom. The molecule has 0 saturated carbocycles. The Kier molecular flexibility index (Phi) is 4.81. The fourth-order valence-electron chi connectivity index (χ4n) is 3.96. The molecule has 1 atom stereocenters. The highest BCUT2D eigenvalue weighted by Crippen LogP contribution is 2.33. The number of fused-ring (bicyclic) bond motifs is 3. The smallest absolute Gasteiger partial charge is 0.320 e. The fourth-order valence-corrected chi connectivity index (χ4v) is 5.24. The Balaban J connectivity index is 1.48. The van der Waals surface area contributed by atoms with Crippen molar-refractivity contribution < 1.29 is 9.90 Å². The van der Waals surface area contributed by atoms with Gasteiger partial charge in [0.15, 0.2) is 0 Å². The van der Waals surface area contributed by atoms with E-state index in [9.17, 15) is 9.59 Å². The van der Waals surface area contributed by atoms with Crippen molar-refractivity contribution in [3.8, 4) is 0 Å². The molecule has 2 N–H and O–H groups in total. The first-order valence-electron chi connectivity index (χ1n) is 9.25. The van der Waals surface area contributed by atoms with Crippen molar-refractivity contribution in [2.75, 3.05) is 26.2 Å². The number of aryl methyl sites for hydroxylation is 2. The van der Waals surface area contributed by atoms with Gasteiger partial charge in [0.25, 0.3) is 5.56 Å². The largest absolute Gasteiger partial charge is 0.480 e. The highest BCUT2D eigenvalue weighted by atomic mass is 32.1. The van der Waals surface area contributed by atoms with Gasteiger partial charge in [-0.25, -0.2) is 4.98 Å². The number of H-pyrrole nitrogens is 1. The van der Waals surface area contributed by atoms with Gasteiger partial charge in [-0.05, 0) is 38.2 Å². The number of carboxylic acids is 1. The van der Waals surface area contributed by atoms with Crippen LogP contribution in [0.25, 0.3) is 10.2 Å². The Morgan fingerprint density at radius 3 is 2.73 bits per heavy atom. The molecule has 1 fully saturated rings. The van der Waals surface area contributed by atoms with Crippen molar-refractivity contribution in [2.24, 2.45) is 0 Å². The number of rotatable bonds is 4. The van der Waals surface area contributed by atoms with E-state index in [0.717, 1.165) is 42.6 Å². The molecule has 26 heavy (non-hydrogen) atoms. The van der Waals surface area contributed by atoms with Crippen LogP contribution in [0.3, 0.4) is 0 Å². The van der Waals surface area contributed by atoms with E-state index < -0.39 is 12.0 Å². The van der Waals surface area contributed by atoms with Gasteiger partial charge in [-0.3, -0.25) is 19.4 Å². The van der Waals surface area contributed by atoms with Gasteiger partial charge in [-0.15, -0.1) is 11.3 Å². The number of aromatic nitrogens is 2. The maximum absolute atomic E-state index is 12.6. The quantitative estimate of drug-likeness (QED) is 0.840. The van der Waals surface area contributed by atoms with Gasteiger partial charge in [0, 0.05) is 31.1 Å². The summed E-state index contributed by atoms with van der Waals surface area (Å²) in [6, 6.07) is -0.455. The van der Waals surface area contributed by atoms with E-state index in [1.54, 1.807) is 18.3 Å². The molecule has 140 valence electrons. The molecule has 2 aromatic heterocycles. The molecule has 0 radical (unpaired) electrons. The van der Waals surface area contributed by atoms with E-state index in [4.69, 9.17) is 10.1 Å². The van der Waals surface area contributed by atoms with Gasteiger partial charge in [-0.1, -0.05) is 0 Å². The maximum atomic E-state index is 12.6. The van der Waals surface area contributed by atoms with Crippen molar-refractivity contribution >= 4 is 27.5 Å². The second kappa shape index (κ2) is 7.09. The summed E-state index contributed by atoms with van der Waals surface area (Å²) in [6.07, 6.45) is 4.40. The SMILES string of the molecule is CC(C(=O)O)N1CCN(Cc2nc3sc4c(c3c(=O)[nH]2)CCCC4)CC1. The van der Waals surface area contributed by atoms with Gasteiger partial charge >= 0.3 is 5.97 Å². The Labute approximate surface area is 155 Å². The van der Waals surface area contributed by atoms with Crippen molar-refractivity contribution in [2.45, 2.75) is 45.2 Å². The van der Waals surface area contributed by atoms with Gasteiger partial charge in [-0.2, -0.15) is 0 Å². The average Bonchev–Trinajstić information content (AvgIpc) is 3.00. The standard InChI is InChI=1S/C18H24N4O3S/c1-11(18(24)25)22-8-6-21(7-9-22)10-14-19-16(23)15-12-4-2-3-5-13(12)26-17(15)20-14/h11H,2-10H2,1H3,(H,24,25)(H,19,20,23). The van der Waals surface area contributed by atoms with E-state index in [-0.39, 0.29) is 5.56 Å². The molecular formula is C18H24N4O3S. The molecule has 1 saturated heterocycles. The second-order valence-electron chi connectivity index (χ2n) is 7.23. The van der Waals surface area contributed by atoms with Crippen LogP contribution in [0, 0.1) is 0 Å². The first-order chi connectivity index (χ1) is 12.5. The summed E-state index contributed by atoms with van der Waals surface area (Å²) in [4.78, 5) is 37.8. The summed E-state index contributed by atoms with van der Waals surface area (Å²) in [5, 5.41) is 9.93. The molecule has 0 spiro atoms. The molecule has 2 aromatic rings. The lowest BCUT2D eigenvalue weighted by Gasteiger charge is -2.36. The lowest BCUT2D eigenvalue weighted by Crippen LogP contribution is -2.51. The lowest BCUT2D eigenvalue weighted by molar-refractivity contribution is -0.143. The number of hydrogen-bond acceptors (Lipinski definition) is 6. The van der Waals surface area contributed by atoms with Crippen LogP contribution < -0.4 is 5.56 Å².